The lowest BCUT2D eigenvalue weighted by atomic mass is 10.1. The fraction of sp³-hybridized carbons (Fsp3) is 0.296. The minimum atomic E-state index is -0.500. The summed E-state index contributed by atoms with van der Waals surface area (Å²) in [6.45, 7) is 4.11. The highest BCUT2D eigenvalue weighted by molar-refractivity contribution is 9.10. The van der Waals surface area contributed by atoms with Gasteiger partial charge in [-0.25, -0.2) is 19.2 Å². The van der Waals surface area contributed by atoms with Crippen molar-refractivity contribution < 1.29 is 42.9 Å². The summed E-state index contributed by atoms with van der Waals surface area (Å²) in [5.74, 6) is -1.44. The molecule has 0 saturated carbocycles. The van der Waals surface area contributed by atoms with Crippen LogP contribution in [0.25, 0.3) is 6.08 Å². The molecule has 0 N–H and O–H groups in total. The third-order valence-corrected chi connectivity index (χ3v) is 5.34. The van der Waals surface area contributed by atoms with Gasteiger partial charge in [-0.05, 0) is 40.6 Å². The van der Waals surface area contributed by atoms with E-state index in [1.165, 1.54) is 65.2 Å². The summed E-state index contributed by atoms with van der Waals surface area (Å²) in [6.07, 6.45) is 11.6. The zero-order valence-corrected chi connectivity index (χ0v) is 24.5. The molecule has 0 spiro atoms. The maximum absolute atomic E-state index is 11.3. The van der Waals surface area contributed by atoms with E-state index < -0.39 is 17.9 Å². The second kappa shape index (κ2) is 20.6. The van der Waals surface area contributed by atoms with E-state index in [2.05, 4.69) is 51.4 Å². The van der Waals surface area contributed by atoms with Crippen LogP contribution < -0.4 is 0 Å². The van der Waals surface area contributed by atoms with Crippen LogP contribution in [-0.4, -0.2) is 86.7 Å². The number of pyridine rings is 2. The number of rotatable bonds is 5. The Balaban J connectivity index is 0.000000548. The van der Waals surface area contributed by atoms with Gasteiger partial charge in [0.15, 0.2) is 0 Å². The standard InChI is InChI=1S/C11H11NO4.C7H6BrNO2.C5H9NO.C4H6O2/c1-15-10(13)4-3-8-7-12-6-5-9(8)11(14)16-2;1-11-7(10)5-2-3-9-4-6(5)8;1-6-4-2-3-5(6)7;1-3-4(5)6-2/h3-7H,1-2H3;2-4H,1H3;2-4H2,1H3;3H,1H2,2H3/b4-3+;;;. The minimum Gasteiger partial charge on any atom is -0.466 e. The van der Waals surface area contributed by atoms with Crippen molar-refractivity contribution in [3.05, 3.63) is 76.8 Å². The van der Waals surface area contributed by atoms with Gasteiger partial charge in [-0.3, -0.25) is 14.8 Å². The average Bonchev–Trinajstić information content (AvgIpc) is 3.37. The van der Waals surface area contributed by atoms with E-state index in [-0.39, 0.29) is 5.97 Å². The lowest BCUT2D eigenvalue weighted by molar-refractivity contribution is -0.135. The van der Waals surface area contributed by atoms with Crippen molar-refractivity contribution in [1.29, 1.82) is 0 Å². The molecule has 13 heteroatoms. The Bertz CT molecular complexity index is 1190. The summed E-state index contributed by atoms with van der Waals surface area (Å²) in [4.78, 5) is 63.0. The predicted molar refractivity (Wildman–Crippen MR) is 149 cm³/mol. The van der Waals surface area contributed by atoms with Crippen LogP contribution in [0.2, 0.25) is 0 Å². The smallest absolute Gasteiger partial charge is 0.339 e. The van der Waals surface area contributed by atoms with Crippen molar-refractivity contribution in [2.24, 2.45) is 0 Å². The van der Waals surface area contributed by atoms with Crippen molar-refractivity contribution in [2.45, 2.75) is 12.8 Å². The van der Waals surface area contributed by atoms with E-state index in [9.17, 15) is 24.0 Å². The maximum atomic E-state index is 11.3. The number of halogens is 1. The SMILES string of the molecule is C=CC(=O)OC.CN1CCCC1=O.COC(=O)/C=C/c1cnccc1C(=O)OC.COC(=O)c1ccncc1Br. The quantitative estimate of drug-likeness (QED) is 0.275. The van der Waals surface area contributed by atoms with Crippen molar-refractivity contribution in [1.82, 2.24) is 14.9 Å². The third kappa shape index (κ3) is 14.0. The average molecular weight is 622 g/mol. The van der Waals surface area contributed by atoms with E-state index in [4.69, 9.17) is 0 Å². The van der Waals surface area contributed by atoms with Gasteiger partial charge in [0, 0.05) is 62.5 Å². The Hall–Kier alpha value is -4.39. The van der Waals surface area contributed by atoms with Crippen molar-refractivity contribution in [3.8, 4) is 0 Å². The van der Waals surface area contributed by atoms with Gasteiger partial charge in [0.25, 0.3) is 0 Å². The topological polar surface area (TPSA) is 151 Å². The first-order valence-corrected chi connectivity index (χ1v) is 12.3. The number of hydrogen-bond acceptors (Lipinski definition) is 11. The molecule has 1 saturated heterocycles. The van der Waals surface area contributed by atoms with Crippen molar-refractivity contribution >= 4 is 51.8 Å². The molecule has 3 heterocycles. The number of aromatic nitrogens is 2. The molecule has 0 radical (unpaired) electrons. The van der Waals surface area contributed by atoms with E-state index in [1.54, 1.807) is 17.2 Å². The lowest BCUT2D eigenvalue weighted by Gasteiger charge is -2.03. The molecule has 2 aromatic heterocycles. The number of carbonyl (C=O) groups is 5. The highest BCUT2D eigenvalue weighted by Crippen LogP contribution is 2.14. The van der Waals surface area contributed by atoms with Crippen LogP contribution in [0.5, 0.6) is 0 Å². The van der Waals surface area contributed by atoms with Gasteiger partial charge in [-0.15, -0.1) is 0 Å². The Morgan fingerprint density at radius 1 is 0.900 bits per heavy atom. The van der Waals surface area contributed by atoms with Crippen LogP contribution in [0.15, 0.2) is 60.1 Å². The van der Waals surface area contributed by atoms with Crippen molar-refractivity contribution in [3.63, 3.8) is 0 Å². The van der Waals surface area contributed by atoms with Gasteiger partial charge in [0.2, 0.25) is 5.91 Å². The minimum absolute atomic E-state index is 0.292. The molecular formula is C27H32BrN3O9. The van der Waals surface area contributed by atoms with Crippen LogP contribution in [-0.2, 0) is 33.3 Å². The first kappa shape index (κ1) is 35.6. The molecule has 2 aromatic rings. The van der Waals surface area contributed by atoms with Gasteiger partial charge in [0.1, 0.15) is 0 Å². The molecule has 3 rings (SSSR count). The number of nitrogens with zero attached hydrogens (tertiary/aromatic N) is 3. The largest absolute Gasteiger partial charge is 0.466 e. The number of ether oxygens (including phenoxy) is 4. The van der Waals surface area contributed by atoms with Crippen LogP contribution in [0.1, 0.15) is 39.1 Å². The zero-order valence-electron chi connectivity index (χ0n) is 22.9. The molecule has 1 aliphatic rings. The molecule has 0 aromatic carbocycles. The first-order valence-electron chi connectivity index (χ1n) is 11.5. The van der Waals surface area contributed by atoms with Crippen LogP contribution >= 0.6 is 15.9 Å². The highest BCUT2D eigenvalue weighted by Gasteiger charge is 2.14. The second-order valence-electron chi connectivity index (χ2n) is 7.30. The molecular weight excluding hydrogens is 590 g/mol. The molecule has 1 aliphatic heterocycles. The Labute approximate surface area is 241 Å². The van der Waals surface area contributed by atoms with Crippen LogP contribution in [0, 0.1) is 0 Å². The van der Waals surface area contributed by atoms with Gasteiger partial charge < -0.3 is 23.8 Å². The van der Waals surface area contributed by atoms with Crippen LogP contribution in [0.4, 0.5) is 0 Å². The van der Waals surface area contributed by atoms with E-state index >= 15 is 0 Å². The monoisotopic (exact) mass is 621 g/mol. The summed E-state index contributed by atoms with van der Waals surface area (Å²) in [6, 6.07) is 3.11. The highest BCUT2D eigenvalue weighted by atomic mass is 79.9. The number of hydrogen-bond donors (Lipinski definition) is 0. The fourth-order valence-corrected chi connectivity index (χ4v) is 2.99. The summed E-state index contributed by atoms with van der Waals surface area (Å²) < 4.78 is 18.3. The zero-order chi connectivity index (χ0) is 30.5. The maximum Gasteiger partial charge on any atom is 0.339 e. The Morgan fingerprint density at radius 3 is 1.85 bits per heavy atom. The van der Waals surface area contributed by atoms with Gasteiger partial charge in [-0.2, -0.15) is 0 Å². The summed E-state index contributed by atoms with van der Waals surface area (Å²) in [5, 5.41) is 0. The number of amides is 1. The molecule has 1 amide bonds. The molecule has 1 fully saturated rings. The normalized spacial score (nSPS) is 11.3. The second-order valence-corrected chi connectivity index (χ2v) is 8.16. The fourth-order valence-electron chi connectivity index (χ4n) is 2.58. The Morgan fingerprint density at radius 2 is 1.45 bits per heavy atom. The van der Waals surface area contributed by atoms with E-state index in [0.717, 1.165) is 25.5 Å². The predicted octanol–water partition coefficient (Wildman–Crippen LogP) is 3.27. The van der Waals surface area contributed by atoms with E-state index in [0.29, 0.717) is 27.1 Å². The third-order valence-electron chi connectivity index (χ3n) is 4.71. The lowest BCUT2D eigenvalue weighted by Crippen LogP contribution is -2.17. The van der Waals surface area contributed by atoms with Gasteiger partial charge >= 0.3 is 23.9 Å². The molecule has 0 atom stereocenters. The number of esters is 4. The van der Waals surface area contributed by atoms with Gasteiger partial charge in [-0.1, -0.05) is 6.58 Å². The molecule has 216 valence electrons. The summed E-state index contributed by atoms with van der Waals surface area (Å²) >= 11 is 3.17. The molecule has 0 unspecified atom stereocenters. The summed E-state index contributed by atoms with van der Waals surface area (Å²) in [5.41, 5.74) is 1.33. The summed E-state index contributed by atoms with van der Waals surface area (Å²) in [7, 11) is 7.06. The van der Waals surface area contributed by atoms with E-state index in [1.807, 2.05) is 7.05 Å². The van der Waals surface area contributed by atoms with Gasteiger partial charge in [0.05, 0.1) is 44.0 Å². The molecule has 0 bridgehead atoms. The molecule has 0 aliphatic carbocycles. The van der Waals surface area contributed by atoms with Crippen LogP contribution in [0.3, 0.4) is 0 Å². The number of likely N-dealkylation sites (tertiary alicyclic amines) is 1. The number of carbonyl (C=O) groups excluding carboxylic acids is 5. The first-order chi connectivity index (χ1) is 19.1. The Kier molecular flexibility index (Phi) is 18.3. The number of methoxy groups -OCH3 is 4. The van der Waals surface area contributed by atoms with Crippen molar-refractivity contribution in [2.75, 3.05) is 42.0 Å². The molecule has 40 heavy (non-hydrogen) atoms. The molecule has 12 nitrogen and oxygen atoms in total.